The second-order valence-corrected chi connectivity index (χ2v) is 3.90. The van der Waals surface area contributed by atoms with Gasteiger partial charge in [0.25, 0.3) is 5.91 Å². The average molecular weight is 270 g/mol. The summed E-state index contributed by atoms with van der Waals surface area (Å²) in [6, 6.07) is 0. The van der Waals surface area contributed by atoms with Gasteiger partial charge in [0.2, 0.25) is 0 Å². The van der Waals surface area contributed by atoms with E-state index in [1.54, 1.807) is 0 Å². The fourth-order valence-electron chi connectivity index (χ4n) is 1.55. The maximum absolute atomic E-state index is 11.6. The Kier molecular flexibility index (Phi) is 4.42. The Bertz CT molecular complexity index is 455. The van der Waals surface area contributed by atoms with Gasteiger partial charge in [-0.15, -0.1) is 5.10 Å². The van der Waals surface area contributed by atoms with Gasteiger partial charge in [0.15, 0.2) is 11.8 Å². The van der Waals surface area contributed by atoms with Crippen molar-refractivity contribution in [2.45, 2.75) is 12.6 Å². The van der Waals surface area contributed by atoms with Crippen molar-refractivity contribution in [1.29, 1.82) is 0 Å². The average Bonchev–Trinajstić information content (AvgIpc) is 2.89. The minimum Gasteiger partial charge on any atom is -0.476 e. The van der Waals surface area contributed by atoms with Gasteiger partial charge in [0, 0.05) is 6.54 Å². The molecule has 2 heterocycles. The maximum atomic E-state index is 11.6. The van der Waals surface area contributed by atoms with E-state index in [4.69, 9.17) is 14.6 Å². The van der Waals surface area contributed by atoms with Crippen LogP contribution in [0.2, 0.25) is 0 Å². The van der Waals surface area contributed by atoms with E-state index in [1.807, 2.05) is 0 Å². The van der Waals surface area contributed by atoms with Crippen molar-refractivity contribution in [2.24, 2.45) is 0 Å². The van der Waals surface area contributed by atoms with Gasteiger partial charge in [0.1, 0.15) is 0 Å². The molecule has 2 N–H and O–H groups in total. The quantitative estimate of drug-likeness (QED) is 0.669. The highest BCUT2D eigenvalue weighted by molar-refractivity contribution is 5.84. The lowest BCUT2D eigenvalue weighted by Gasteiger charge is -2.21. The van der Waals surface area contributed by atoms with Crippen LogP contribution in [0, 0.1) is 0 Å². The molecule has 0 radical (unpaired) electrons. The summed E-state index contributed by atoms with van der Waals surface area (Å²) in [5.41, 5.74) is -0.129. The van der Waals surface area contributed by atoms with E-state index in [9.17, 15) is 9.59 Å². The number of nitrogens with one attached hydrogen (secondary N) is 1. The summed E-state index contributed by atoms with van der Waals surface area (Å²) >= 11 is 0. The minimum absolute atomic E-state index is 0.129. The van der Waals surface area contributed by atoms with Crippen LogP contribution in [0.25, 0.3) is 0 Å². The highest BCUT2D eigenvalue weighted by Gasteiger charge is 2.22. The van der Waals surface area contributed by atoms with E-state index in [0.29, 0.717) is 26.3 Å². The Hall–Kier alpha value is -2.00. The largest absolute Gasteiger partial charge is 0.476 e. The van der Waals surface area contributed by atoms with E-state index < -0.39 is 12.1 Å². The summed E-state index contributed by atoms with van der Waals surface area (Å²) in [5, 5.41) is 18.4. The number of ether oxygens (including phenoxy) is 2. The Labute approximate surface area is 108 Å². The molecule has 1 aliphatic rings. The second kappa shape index (κ2) is 6.25. The number of nitrogens with zero attached hydrogens (tertiary/aromatic N) is 3. The lowest BCUT2D eigenvalue weighted by atomic mass is 10.3. The van der Waals surface area contributed by atoms with Crippen LogP contribution in [0.1, 0.15) is 10.5 Å². The van der Waals surface area contributed by atoms with E-state index in [2.05, 4.69) is 15.6 Å². The number of carboxylic acids is 1. The van der Waals surface area contributed by atoms with Crippen LogP contribution < -0.4 is 5.32 Å². The molecule has 0 spiro atoms. The first-order valence-corrected chi connectivity index (χ1v) is 5.77. The van der Waals surface area contributed by atoms with Crippen molar-refractivity contribution in [1.82, 2.24) is 20.3 Å². The van der Waals surface area contributed by atoms with E-state index in [0.717, 1.165) is 0 Å². The van der Waals surface area contributed by atoms with Crippen LogP contribution >= 0.6 is 0 Å². The molecule has 1 saturated heterocycles. The topological polar surface area (TPSA) is 116 Å². The summed E-state index contributed by atoms with van der Waals surface area (Å²) in [4.78, 5) is 22.2. The molecule has 0 bridgehead atoms. The molecule has 2 rings (SSSR count). The number of hydrogen-bond acceptors (Lipinski definition) is 6. The fourth-order valence-corrected chi connectivity index (χ4v) is 1.55. The highest BCUT2D eigenvalue weighted by Crippen LogP contribution is 2.00. The molecular formula is C10H14N4O5. The van der Waals surface area contributed by atoms with Gasteiger partial charge >= 0.3 is 5.97 Å². The molecule has 0 aromatic carbocycles. The molecule has 0 aliphatic carbocycles. The van der Waals surface area contributed by atoms with Crippen LogP contribution in [-0.4, -0.2) is 64.4 Å². The van der Waals surface area contributed by atoms with E-state index >= 15 is 0 Å². The first-order valence-electron chi connectivity index (χ1n) is 5.77. The molecule has 1 aliphatic heterocycles. The Morgan fingerprint density at radius 2 is 2.37 bits per heavy atom. The number of carbonyl (C=O) groups is 2. The Morgan fingerprint density at radius 1 is 1.53 bits per heavy atom. The minimum atomic E-state index is -1.14. The lowest BCUT2D eigenvalue weighted by Crippen LogP contribution is -2.43. The van der Waals surface area contributed by atoms with Gasteiger partial charge in [-0.05, 0) is 0 Å². The molecule has 1 aromatic rings. The van der Waals surface area contributed by atoms with Crippen molar-refractivity contribution < 1.29 is 24.2 Å². The molecule has 1 atom stereocenters. The molecule has 9 heteroatoms. The summed E-state index contributed by atoms with van der Waals surface area (Å²) < 4.78 is 11.7. The van der Waals surface area contributed by atoms with Gasteiger partial charge in [-0.2, -0.15) is 0 Å². The number of rotatable bonds is 5. The van der Waals surface area contributed by atoms with Crippen molar-refractivity contribution in [3.8, 4) is 0 Å². The lowest BCUT2D eigenvalue weighted by molar-refractivity contribution is -0.147. The third-order valence-corrected chi connectivity index (χ3v) is 2.51. The number of carboxylic acid groups (broad SMARTS) is 1. The normalized spacial score (nSPS) is 19.1. The molecule has 0 saturated carbocycles. The first kappa shape index (κ1) is 13.4. The molecule has 1 unspecified atom stereocenters. The summed E-state index contributed by atoms with van der Waals surface area (Å²) in [7, 11) is 0. The number of aromatic nitrogens is 3. The van der Waals surface area contributed by atoms with Crippen LogP contribution in [0.15, 0.2) is 6.20 Å². The molecule has 9 nitrogen and oxygen atoms in total. The summed E-state index contributed by atoms with van der Waals surface area (Å²) in [5.74, 6) is -1.39. The zero-order valence-corrected chi connectivity index (χ0v) is 10.1. The number of aromatic carboxylic acids is 1. The monoisotopic (exact) mass is 270 g/mol. The number of hydrogen-bond donors (Lipinski definition) is 2. The van der Waals surface area contributed by atoms with E-state index in [-0.39, 0.29) is 18.2 Å². The fraction of sp³-hybridized carbons (Fsp3) is 0.600. The molecule has 1 amide bonds. The second-order valence-electron chi connectivity index (χ2n) is 3.90. The predicted molar refractivity (Wildman–Crippen MR) is 60.6 cm³/mol. The highest BCUT2D eigenvalue weighted by atomic mass is 16.6. The van der Waals surface area contributed by atoms with Crippen LogP contribution in [0.4, 0.5) is 0 Å². The van der Waals surface area contributed by atoms with Crippen molar-refractivity contribution in [3.63, 3.8) is 0 Å². The molecule has 1 aromatic heterocycles. The predicted octanol–water partition coefficient (Wildman–Crippen LogP) is -1.49. The molecular weight excluding hydrogens is 256 g/mol. The zero-order chi connectivity index (χ0) is 13.7. The number of amides is 1. The standard InChI is InChI=1S/C10H14N4O5/c15-9(8-6-18-3-4-19-8)11-1-2-14-5-7(10(16)17)12-13-14/h5,8H,1-4,6H2,(H,11,15)(H,16,17). The van der Waals surface area contributed by atoms with Gasteiger partial charge < -0.3 is 19.9 Å². The molecule has 19 heavy (non-hydrogen) atoms. The van der Waals surface area contributed by atoms with Gasteiger partial charge in [-0.3, -0.25) is 4.79 Å². The van der Waals surface area contributed by atoms with Gasteiger partial charge in [0.05, 0.1) is 32.6 Å². The molecule has 104 valence electrons. The Balaban J connectivity index is 1.73. The SMILES string of the molecule is O=C(O)c1cn(CCNC(=O)C2COCCO2)nn1. The van der Waals surface area contributed by atoms with Crippen molar-refractivity contribution >= 4 is 11.9 Å². The smallest absolute Gasteiger partial charge is 0.358 e. The summed E-state index contributed by atoms with van der Waals surface area (Å²) in [6.07, 6.45) is 0.716. The Morgan fingerprint density at radius 3 is 3.00 bits per heavy atom. The third kappa shape index (κ3) is 3.73. The van der Waals surface area contributed by atoms with E-state index in [1.165, 1.54) is 10.9 Å². The maximum Gasteiger partial charge on any atom is 0.358 e. The zero-order valence-electron chi connectivity index (χ0n) is 10.1. The van der Waals surface area contributed by atoms with Crippen molar-refractivity contribution in [3.05, 3.63) is 11.9 Å². The third-order valence-electron chi connectivity index (χ3n) is 2.51. The molecule has 1 fully saturated rings. The first-order chi connectivity index (χ1) is 9.16. The van der Waals surface area contributed by atoms with Crippen LogP contribution in [0.3, 0.4) is 0 Å². The van der Waals surface area contributed by atoms with Gasteiger partial charge in [-0.25, -0.2) is 9.48 Å². The van der Waals surface area contributed by atoms with Crippen molar-refractivity contribution in [2.75, 3.05) is 26.4 Å². The van der Waals surface area contributed by atoms with Crippen LogP contribution in [0.5, 0.6) is 0 Å². The van der Waals surface area contributed by atoms with Gasteiger partial charge in [-0.1, -0.05) is 5.21 Å². The summed E-state index contributed by atoms with van der Waals surface area (Å²) in [6.45, 7) is 1.79. The number of carbonyl (C=O) groups excluding carboxylic acids is 1. The van der Waals surface area contributed by atoms with Crippen LogP contribution in [-0.2, 0) is 20.8 Å².